The first-order valence-corrected chi connectivity index (χ1v) is 9.30. The molecular formula is C22H24N2O3. The van der Waals surface area contributed by atoms with E-state index in [2.05, 4.69) is 16.0 Å². The molecule has 3 aromatic rings. The number of carbonyl (C=O) groups excluding carboxylic acids is 1. The highest BCUT2D eigenvalue weighted by molar-refractivity contribution is 6.08. The summed E-state index contributed by atoms with van der Waals surface area (Å²) in [5.74, 6) is 0.815. The Balaban J connectivity index is 1.69. The van der Waals surface area contributed by atoms with E-state index in [4.69, 9.17) is 9.47 Å². The van der Waals surface area contributed by atoms with E-state index >= 15 is 0 Å². The van der Waals surface area contributed by atoms with Gasteiger partial charge in [0, 0.05) is 42.2 Å². The molecule has 0 spiro atoms. The van der Waals surface area contributed by atoms with Crippen LogP contribution in [-0.2, 0) is 11.3 Å². The van der Waals surface area contributed by atoms with Crippen LogP contribution in [0, 0.1) is 6.92 Å². The third kappa shape index (κ3) is 3.19. The molecule has 1 aromatic heterocycles. The molecule has 5 nitrogen and oxygen atoms in total. The number of nitrogens with zero attached hydrogens (tertiary/aromatic N) is 1. The average molecular weight is 364 g/mol. The Hall–Kier alpha value is -2.79. The molecule has 5 heteroatoms. The quantitative estimate of drug-likeness (QED) is 0.748. The lowest BCUT2D eigenvalue weighted by molar-refractivity contribution is 0.0925. The largest absolute Gasteiger partial charge is 0.493 e. The molecule has 2 aromatic carbocycles. The van der Waals surface area contributed by atoms with Crippen LogP contribution in [0.2, 0.25) is 0 Å². The summed E-state index contributed by atoms with van der Waals surface area (Å²) in [5.41, 5.74) is 3.80. The lowest BCUT2D eigenvalue weighted by Crippen LogP contribution is -2.32. The second-order valence-corrected chi connectivity index (χ2v) is 6.82. The lowest BCUT2D eigenvalue weighted by Gasteiger charge is -2.26. The van der Waals surface area contributed by atoms with Gasteiger partial charge in [-0.25, -0.2) is 0 Å². The van der Waals surface area contributed by atoms with Gasteiger partial charge < -0.3 is 19.4 Å². The number of benzene rings is 2. The zero-order valence-electron chi connectivity index (χ0n) is 15.7. The standard InChI is InChI=1S/C22H24N2O3/c1-15-21(17-8-3-5-9-19(17)24(15)12-14-26-2)22(25)23-18-11-13-27-20-10-6-4-7-16(18)20/h3-10,18H,11-14H2,1-2H3,(H,23,25)/t18-/m0/s1. The van der Waals surface area contributed by atoms with Gasteiger partial charge in [-0.05, 0) is 19.1 Å². The molecule has 1 N–H and O–H groups in total. The van der Waals surface area contributed by atoms with Crippen LogP contribution in [0.4, 0.5) is 0 Å². The second kappa shape index (κ2) is 7.45. The SMILES string of the molecule is COCCn1c(C)c(C(=O)N[C@H]2CCOc3ccccc32)c2ccccc21. The molecule has 0 saturated carbocycles. The number of nitrogens with one attached hydrogen (secondary N) is 1. The minimum atomic E-state index is -0.0402. The van der Waals surface area contributed by atoms with Gasteiger partial charge in [0.05, 0.1) is 24.8 Å². The Morgan fingerprint density at radius 1 is 1.22 bits per heavy atom. The molecule has 0 radical (unpaired) electrons. The third-order valence-electron chi connectivity index (χ3n) is 5.24. The molecule has 1 aliphatic heterocycles. The Kier molecular flexibility index (Phi) is 4.86. The third-order valence-corrected chi connectivity index (χ3v) is 5.24. The zero-order chi connectivity index (χ0) is 18.8. The van der Waals surface area contributed by atoms with E-state index in [1.165, 1.54) is 0 Å². The number of amides is 1. The van der Waals surface area contributed by atoms with Crippen LogP contribution in [0.3, 0.4) is 0 Å². The molecule has 0 bridgehead atoms. The fraction of sp³-hybridized carbons (Fsp3) is 0.318. The predicted molar refractivity (Wildman–Crippen MR) is 105 cm³/mol. The maximum atomic E-state index is 13.2. The van der Waals surface area contributed by atoms with E-state index in [0.717, 1.165) is 46.4 Å². The van der Waals surface area contributed by atoms with Gasteiger partial charge >= 0.3 is 0 Å². The molecule has 1 amide bonds. The molecule has 140 valence electrons. The van der Waals surface area contributed by atoms with Crippen molar-refractivity contribution in [3.8, 4) is 5.75 Å². The number of ether oxygens (including phenoxy) is 2. The summed E-state index contributed by atoms with van der Waals surface area (Å²) in [6, 6.07) is 15.9. The van der Waals surface area contributed by atoms with Crippen LogP contribution in [-0.4, -0.2) is 30.8 Å². The normalized spacial score (nSPS) is 16.0. The van der Waals surface area contributed by atoms with Crippen molar-refractivity contribution in [2.45, 2.75) is 25.9 Å². The second-order valence-electron chi connectivity index (χ2n) is 6.82. The molecule has 2 heterocycles. The van der Waals surface area contributed by atoms with Crippen molar-refractivity contribution in [1.29, 1.82) is 0 Å². The number of aromatic nitrogens is 1. The maximum Gasteiger partial charge on any atom is 0.254 e. The summed E-state index contributed by atoms with van der Waals surface area (Å²) in [7, 11) is 1.69. The molecule has 0 unspecified atom stereocenters. The molecule has 27 heavy (non-hydrogen) atoms. The Morgan fingerprint density at radius 3 is 2.85 bits per heavy atom. The first kappa shape index (κ1) is 17.6. The first-order chi connectivity index (χ1) is 13.2. The molecule has 1 atom stereocenters. The van der Waals surface area contributed by atoms with E-state index in [0.29, 0.717) is 13.2 Å². The summed E-state index contributed by atoms with van der Waals surface area (Å²) >= 11 is 0. The van der Waals surface area contributed by atoms with Crippen molar-refractivity contribution in [3.05, 3.63) is 65.4 Å². The van der Waals surface area contributed by atoms with Crippen LogP contribution in [0.5, 0.6) is 5.75 Å². The Bertz CT molecular complexity index is 977. The van der Waals surface area contributed by atoms with Crippen molar-refractivity contribution >= 4 is 16.8 Å². The van der Waals surface area contributed by atoms with Gasteiger partial charge in [0.25, 0.3) is 5.91 Å². The number of hydrogen-bond donors (Lipinski definition) is 1. The van der Waals surface area contributed by atoms with Gasteiger partial charge in [0.15, 0.2) is 0 Å². The van der Waals surface area contributed by atoms with E-state index in [-0.39, 0.29) is 11.9 Å². The van der Waals surface area contributed by atoms with Crippen LogP contribution < -0.4 is 10.1 Å². The summed E-state index contributed by atoms with van der Waals surface area (Å²) < 4.78 is 13.1. The van der Waals surface area contributed by atoms with Gasteiger partial charge in [-0.15, -0.1) is 0 Å². The monoisotopic (exact) mass is 364 g/mol. The van der Waals surface area contributed by atoms with Crippen LogP contribution in [0.15, 0.2) is 48.5 Å². The number of carbonyl (C=O) groups is 1. The van der Waals surface area contributed by atoms with Crippen LogP contribution >= 0.6 is 0 Å². The Labute approximate surface area is 158 Å². The lowest BCUT2D eigenvalue weighted by atomic mass is 10.00. The highest BCUT2D eigenvalue weighted by Crippen LogP contribution is 2.33. The number of methoxy groups -OCH3 is 1. The number of hydrogen-bond acceptors (Lipinski definition) is 3. The molecule has 0 fully saturated rings. The Morgan fingerprint density at radius 2 is 2.00 bits per heavy atom. The molecular weight excluding hydrogens is 340 g/mol. The smallest absolute Gasteiger partial charge is 0.254 e. The van der Waals surface area contributed by atoms with Crippen LogP contribution in [0.25, 0.3) is 10.9 Å². The van der Waals surface area contributed by atoms with Crippen molar-refractivity contribution in [2.75, 3.05) is 20.3 Å². The minimum absolute atomic E-state index is 0.0389. The maximum absolute atomic E-state index is 13.2. The zero-order valence-corrected chi connectivity index (χ0v) is 15.7. The highest BCUT2D eigenvalue weighted by Gasteiger charge is 2.26. The minimum Gasteiger partial charge on any atom is -0.493 e. The average Bonchev–Trinajstić information content (AvgIpc) is 2.98. The molecule has 1 aliphatic rings. The van der Waals surface area contributed by atoms with Gasteiger partial charge in [0.1, 0.15) is 5.75 Å². The summed E-state index contributed by atoms with van der Waals surface area (Å²) in [6.07, 6.45) is 0.768. The van der Waals surface area contributed by atoms with Gasteiger partial charge in [-0.3, -0.25) is 4.79 Å². The van der Waals surface area contributed by atoms with E-state index < -0.39 is 0 Å². The number of fused-ring (bicyclic) bond motifs is 2. The number of rotatable bonds is 5. The van der Waals surface area contributed by atoms with E-state index in [9.17, 15) is 4.79 Å². The van der Waals surface area contributed by atoms with Gasteiger partial charge in [-0.1, -0.05) is 36.4 Å². The van der Waals surface area contributed by atoms with Gasteiger partial charge in [-0.2, -0.15) is 0 Å². The highest BCUT2D eigenvalue weighted by atomic mass is 16.5. The summed E-state index contributed by atoms with van der Waals surface area (Å²) in [4.78, 5) is 13.2. The summed E-state index contributed by atoms with van der Waals surface area (Å²) in [5, 5.41) is 4.21. The molecule has 0 aliphatic carbocycles. The summed E-state index contributed by atoms with van der Waals surface area (Å²) in [6.45, 7) is 3.93. The van der Waals surface area contributed by atoms with Crippen molar-refractivity contribution in [3.63, 3.8) is 0 Å². The van der Waals surface area contributed by atoms with Crippen molar-refractivity contribution in [2.24, 2.45) is 0 Å². The number of para-hydroxylation sites is 2. The predicted octanol–water partition coefficient (Wildman–Crippen LogP) is 3.85. The van der Waals surface area contributed by atoms with Gasteiger partial charge in [0.2, 0.25) is 0 Å². The topological polar surface area (TPSA) is 52.5 Å². The van der Waals surface area contributed by atoms with Crippen molar-refractivity contribution in [1.82, 2.24) is 9.88 Å². The fourth-order valence-corrected chi connectivity index (χ4v) is 3.91. The van der Waals surface area contributed by atoms with Crippen molar-refractivity contribution < 1.29 is 14.3 Å². The molecule has 0 saturated heterocycles. The fourth-order valence-electron chi connectivity index (χ4n) is 3.91. The van der Waals surface area contributed by atoms with E-state index in [1.807, 2.05) is 49.4 Å². The first-order valence-electron chi connectivity index (χ1n) is 9.30. The van der Waals surface area contributed by atoms with E-state index in [1.54, 1.807) is 7.11 Å². The van der Waals surface area contributed by atoms with Crippen LogP contribution in [0.1, 0.15) is 34.1 Å². The molecule has 4 rings (SSSR count).